The summed E-state index contributed by atoms with van der Waals surface area (Å²) in [6, 6.07) is -0.178. The van der Waals surface area contributed by atoms with Crippen LogP contribution in [0.5, 0.6) is 0 Å². The van der Waals surface area contributed by atoms with E-state index in [0.29, 0.717) is 13.1 Å². The number of urea groups is 1. The molecule has 19 heavy (non-hydrogen) atoms. The molecule has 0 aromatic rings. The number of hydrogen-bond acceptors (Lipinski definition) is 3. The molecule has 0 bridgehead atoms. The van der Waals surface area contributed by atoms with Crippen LogP contribution in [0.3, 0.4) is 0 Å². The van der Waals surface area contributed by atoms with Crippen molar-refractivity contribution in [3.63, 3.8) is 0 Å². The van der Waals surface area contributed by atoms with E-state index in [1.54, 1.807) is 0 Å². The van der Waals surface area contributed by atoms with Crippen molar-refractivity contribution in [2.24, 2.45) is 0 Å². The van der Waals surface area contributed by atoms with Crippen LogP contribution in [0.2, 0.25) is 0 Å². The Hall–Kier alpha value is -1.30. The van der Waals surface area contributed by atoms with Gasteiger partial charge < -0.3 is 20.2 Å². The Morgan fingerprint density at radius 1 is 1.05 bits per heavy atom. The molecule has 0 saturated heterocycles. The van der Waals surface area contributed by atoms with Crippen molar-refractivity contribution in [2.45, 2.75) is 33.6 Å². The molecule has 6 nitrogen and oxygen atoms in total. The number of hydrogen-bond donors (Lipinski definition) is 2. The molecule has 112 valence electrons. The van der Waals surface area contributed by atoms with Gasteiger partial charge in [0.1, 0.15) is 0 Å². The molecule has 0 atom stereocenters. The lowest BCUT2D eigenvalue weighted by Gasteiger charge is -2.21. The lowest BCUT2D eigenvalue weighted by Crippen LogP contribution is -2.41. The third kappa shape index (κ3) is 8.42. The molecule has 0 rings (SSSR count). The molecular formula is C13H27N3O3. The van der Waals surface area contributed by atoms with E-state index < -0.39 is 5.97 Å². The van der Waals surface area contributed by atoms with Crippen molar-refractivity contribution in [2.75, 3.05) is 39.3 Å². The Labute approximate surface area is 115 Å². The monoisotopic (exact) mass is 273 g/mol. The number of carbonyl (C=O) groups is 2. The highest BCUT2D eigenvalue weighted by Gasteiger charge is 2.12. The summed E-state index contributed by atoms with van der Waals surface area (Å²) in [4.78, 5) is 26.1. The Morgan fingerprint density at radius 3 is 2.16 bits per heavy atom. The topological polar surface area (TPSA) is 72.9 Å². The van der Waals surface area contributed by atoms with Gasteiger partial charge in [-0.1, -0.05) is 13.8 Å². The summed E-state index contributed by atoms with van der Waals surface area (Å²) in [5, 5.41) is 11.4. The minimum atomic E-state index is -0.882. The first-order valence-corrected chi connectivity index (χ1v) is 7.02. The maximum absolute atomic E-state index is 11.8. The van der Waals surface area contributed by atoms with E-state index in [9.17, 15) is 9.59 Å². The fraction of sp³-hybridized carbons (Fsp3) is 0.846. The van der Waals surface area contributed by atoms with E-state index in [-0.39, 0.29) is 19.0 Å². The minimum Gasteiger partial charge on any atom is -0.481 e. The van der Waals surface area contributed by atoms with Crippen LogP contribution >= 0.6 is 0 Å². The average molecular weight is 273 g/mol. The third-order valence-electron chi connectivity index (χ3n) is 3.09. The van der Waals surface area contributed by atoms with E-state index in [1.165, 1.54) is 4.90 Å². The molecule has 0 aliphatic heterocycles. The van der Waals surface area contributed by atoms with E-state index >= 15 is 0 Å². The molecule has 0 aliphatic rings. The number of carbonyl (C=O) groups excluding carboxylic acids is 1. The van der Waals surface area contributed by atoms with Gasteiger partial charge in [-0.15, -0.1) is 0 Å². The first-order valence-electron chi connectivity index (χ1n) is 7.02. The third-order valence-corrected chi connectivity index (χ3v) is 3.09. The summed E-state index contributed by atoms with van der Waals surface area (Å²) < 4.78 is 0. The number of nitrogens with one attached hydrogen (secondary N) is 1. The van der Waals surface area contributed by atoms with Crippen molar-refractivity contribution in [3.8, 4) is 0 Å². The van der Waals surface area contributed by atoms with E-state index in [0.717, 1.165) is 26.1 Å². The highest BCUT2D eigenvalue weighted by molar-refractivity contribution is 5.75. The fourth-order valence-electron chi connectivity index (χ4n) is 1.78. The standard InChI is InChI=1S/C13H27N3O3/c1-4-15(5-2)10-7-9-14-13(19)16(6-3)11-8-12(17)18/h4-11H2,1-3H3,(H,14,19)(H,17,18). The smallest absolute Gasteiger partial charge is 0.317 e. The maximum atomic E-state index is 11.8. The Morgan fingerprint density at radius 2 is 1.68 bits per heavy atom. The summed E-state index contributed by atoms with van der Waals surface area (Å²) in [7, 11) is 0. The molecule has 0 unspecified atom stereocenters. The summed E-state index contributed by atoms with van der Waals surface area (Å²) in [6.45, 7) is 10.5. The lowest BCUT2D eigenvalue weighted by molar-refractivity contribution is -0.137. The number of carboxylic acids is 1. The predicted octanol–water partition coefficient (Wildman–Crippen LogP) is 1.22. The second-order valence-electron chi connectivity index (χ2n) is 4.34. The highest BCUT2D eigenvalue weighted by Crippen LogP contribution is 1.94. The molecule has 0 heterocycles. The van der Waals surface area contributed by atoms with Crippen LogP contribution in [0.4, 0.5) is 4.79 Å². The molecule has 2 amide bonds. The van der Waals surface area contributed by atoms with Crippen LogP contribution in [0, 0.1) is 0 Å². The molecule has 0 radical (unpaired) electrons. The number of nitrogens with zero attached hydrogens (tertiary/aromatic N) is 2. The Bertz CT molecular complexity index is 268. The molecular weight excluding hydrogens is 246 g/mol. The zero-order valence-corrected chi connectivity index (χ0v) is 12.3. The van der Waals surface area contributed by atoms with Crippen LogP contribution in [0.1, 0.15) is 33.6 Å². The van der Waals surface area contributed by atoms with Crippen molar-refractivity contribution >= 4 is 12.0 Å². The van der Waals surface area contributed by atoms with Gasteiger partial charge in [0.25, 0.3) is 0 Å². The van der Waals surface area contributed by atoms with E-state index in [4.69, 9.17) is 5.11 Å². The fourth-order valence-corrected chi connectivity index (χ4v) is 1.78. The lowest BCUT2D eigenvalue weighted by atomic mass is 10.3. The zero-order valence-electron chi connectivity index (χ0n) is 12.3. The van der Waals surface area contributed by atoms with Gasteiger partial charge in [0, 0.05) is 19.6 Å². The average Bonchev–Trinajstić information content (AvgIpc) is 2.39. The van der Waals surface area contributed by atoms with Crippen molar-refractivity contribution in [1.29, 1.82) is 0 Å². The van der Waals surface area contributed by atoms with E-state index in [1.807, 2.05) is 6.92 Å². The Kier molecular flexibility index (Phi) is 9.88. The molecule has 0 aromatic heterocycles. The quantitative estimate of drug-likeness (QED) is 0.587. The molecule has 0 spiro atoms. The normalized spacial score (nSPS) is 10.5. The summed E-state index contributed by atoms with van der Waals surface area (Å²) >= 11 is 0. The van der Waals surface area contributed by atoms with Gasteiger partial charge in [-0.2, -0.15) is 0 Å². The molecule has 0 aliphatic carbocycles. The largest absolute Gasteiger partial charge is 0.481 e. The minimum absolute atomic E-state index is 0.0132. The summed E-state index contributed by atoms with van der Waals surface area (Å²) in [5.74, 6) is -0.882. The van der Waals surface area contributed by atoms with Crippen LogP contribution in [0.15, 0.2) is 0 Å². The van der Waals surface area contributed by atoms with Gasteiger partial charge in [-0.25, -0.2) is 4.79 Å². The molecule has 6 heteroatoms. The van der Waals surface area contributed by atoms with Crippen LogP contribution in [-0.2, 0) is 4.79 Å². The molecule has 0 saturated carbocycles. The van der Waals surface area contributed by atoms with Gasteiger partial charge in [0.05, 0.1) is 6.42 Å². The van der Waals surface area contributed by atoms with Crippen LogP contribution in [-0.4, -0.2) is 66.2 Å². The van der Waals surface area contributed by atoms with Gasteiger partial charge in [-0.3, -0.25) is 4.79 Å². The summed E-state index contributed by atoms with van der Waals surface area (Å²) in [5.41, 5.74) is 0. The van der Waals surface area contributed by atoms with Crippen molar-refractivity contribution < 1.29 is 14.7 Å². The van der Waals surface area contributed by atoms with Crippen LogP contribution in [0.25, 0.3) is 0 Å². The molecule has 0 aromatic carbocycles. The second-order valence-corrected chi connectivity index (χ2v) is 4.34. The number of rotatable bonds is 10. The van der Waals surface area contributed by atoms with Crippen molar-refractivity contribution in [3.05, 3.63) is 0 Å². The molecule has 0 fully saturated rings. The Balaban J connectivity index is 3.84. The molecule has 2 N–H and O–H groups in total. The zero-order chi connectivity index (χ0) is 14.7. The van der Waals surface area contributed by atoms with Gasteiger partial charge in [-0.05, 0) is 33.0 Å². The first kappa shape index (κ1) is 17.7. The number of amides is 2. The van der Waals surface area contributed by atoms with Crippen LogP contribution < -0.4 is 5.32 Å². The predicted molar refractivity (Wildman–Crippen MR) is 75.3 cm³/mol. The summed E-state index contributed by atoms with van der Waals surface area (Å²) in [6.07, 6.45) is 0.893. The second kappa shape index (κ2) is 10.6. The van der Waals surface area contributed by atoms with Gasteiger partial charge in [0.2, 0.25) is 0 Å². The SMILES string of the molecule is CCN(CC)CCCNC(=O)N(CC)CCC(=O)O. The van der Waals surface area contributed by atoms with E-state index in [2.05, 4.69) is 24.1 Å². The first-order chi connectivity index (χ1) is 9.04. The maximum Gasteiger partial charge on any atom is 0.317 e. The van der Waals surface area contributed by atoms with Crippen molar-refractivity contribution in [1.82, 2.24) is 15.1 Å². The number of aliphatic carboxylic acids is 1. The number of carboxylic acid groups (broad SMARTS) is 1. The highest BCUT2D eigenvalue weighted by atomic mass is 16.4. The van der Waals surface area contributed by atoms with Gasteiger partial charge in [0.15, 0.2) is 0 Å². The van der Waals surface area contributed by atoms with Gasteiger partial charge >= 0.3 is 12.0 Å².